The van der Waals surface area contributed by atoms with Gasteiger partial charge >= 0.3 is 0 Å². The second-order valence-electron chi connectivity index (χ2n) is 3.83. The molecular weight excluding hydrogens is 246 g/mol. The van der Waals surface area contributed by atoms with E-state index in [1.807, 2.05) is 0 Å². The number of nitrogens with two attached hydrogens (primary N) is 1. The summed E-state index contributed by atoms with van der Waals surface area (Å²) in [6.07, 6.45) is 2.81. The van der Waals surface area contributed by atoms with Crippen molar-refractivity contribution in [1.29, 1.82) is 0 Å². The standard InChI is InChI=1S/C13H13N3O3/c1-19-12-3-2-8(6-10(12)14)16-13(18)9-7-15-5-4-11(9)17/h2-7H,14H2,1H3,(H,15,17)(H,16,18). The molecule has 98 valence electrons. The quantitative estimate of drug-likeness (QED) is 0.722. The molecule has 0 aliphatic heterocycles. The van der Waals surface area contributed by atoms with Crippen LogP contribution in [-0.2, 0) is 0 Å². The molecule has 0 radical (unpaired) electrons. The van der Waals surface area contributed by atoms with Gasteiger partial charge in [-0.05, 0) is 18.2 Å². The molecule has 0 fully saturated rings. The van der Waals surface area contributed by atoms with E-state index in [0.717, 1.165) is 0 Å². The predicted octanol–water partition coefficient (Wildman–Crippen LogP) is 1.22. The van der Waals surface area contributed by atoms with Crippen LogP contribution in [0.3, 0.4) is 0 Å². The first-order chi connectivity index (χ1) is 9.11. The molecule has 6 heteroatoms. The van der Waals surface area contributed by atoms with Gasteiger partial charge < -0.3 is 20.8 Å². The number of hydrogen-bond donors (Lipinski definition) is 3. The third-order valence-electron chi connectivity index (χ3n) is 2.56. The van der Waals surface area contributed by atoms with Gasteiger partial charge in [0.1, 0.15) is 11.3 Å². The van der Waals surface area contributed by atoms with E-state index in [4.69, 9.17) is 10.5 Å². The lowest BCUT2D eigenvalue weighted by molar-refractivity contribution is 0.102. The van der Waals surface area contributed by atoms with Gasteiger partial charge in [0, 0.05) is 24.1 Å². The summed E-state index contributed by atoms with van der Waals surface area (Å²) in [5, 5.41) is 2.60. The second kappa shape index (κ2) is 5.26. The molecule has 6 nitrogen and oxygen atoms in total. The molecule has 0 bridgehead atoms. The van der Waals surface area contributed by atoms with E-state index >= 15 is 0 Å². The van der Waals surface area contributed by atoms with Gasteiger partial charge in [0.15, 0.2) is 5.43 Å². The van der Waals surface area contributed by atoms with Crippen LogP contribution in [0.25, 0.3) is 0 Å². The number of carbonyl (C=O) groups excluding carboxylic acids is 1. The van der Waals surface area contributed by atoms with Gasteiger partial charge in [0.25, 0.3) is 5.91 Å². The van der Waals surface area contributed by atoms with Crippen molar-refractivity contribution in [2.24, 2.45) is 0 Å². The normalized spacial score (nSPS) is 9.95. The highest BCUT2D eigenvalue weighted by molar-refractivity contribution is 6.04. The Hall–Kier alpha value is -2.76. The van der Waals surface area contributed by atoms with Crippen LogP contribution >= 0.6 is 0 Å². The summed E-state index contributed by atoms with van der Waals surface area (Å²) in [5.74, 6) is 0.0296. The maximum absolute atomic E-state index is 11.9. The van der Waals surface area contributed by atoms with Gasteiger partial charge in [-0.1, -0.05) is 0 Å². The second-order valence-corrected chi connectivity index (χ2v) is 3.83. The zero-order valence-corrected chi connectivity index (χ0v) is 10.3. The molecule has 0 atom stereocenters. The number of ether oxygens (including phenoxy) is 1. The van der Waals surface area contributed by atoms with E-state index in [9.17, 15) is 9.59 Å². The van der Waals surface area contributed by atoms with Crippen molar-refractivity contribution in [3.63, 3.8) is 0 Å². The molecule has 0 unspecified atom stereocenters. The number of carbonyl (C=O) groups is 1. The SMILES string of the molecule is COc1ccc(NC(=O)c2c[nH]ccc2=O)cc1N. The fourth-order valence-electron chi connectivity index (χ4n) is 1.60. The molecule has 2 aromatic rings. The lowest BCUT2D eigenvalue weighted by atomic mass is 10.2. The van der Waals surface area contributed by atoms with Crippen LogP contribution in [0, 0.1) is 0 Å². The summed E-state index contributed by atoms with van der Waals surface area (Å²) in [7, 11) is 1.51. The van der Waals surface area contributed by atoms with Crippen molar-refractivity contribution >= 4 is 17.3 Å². The van der Waals surface area contributed by atoms with E-state index in [0.29, 0.717) is 17.1 Å². The van der Waals surface area contributed by atoms with Gasteiger partial charge in [0.05, 0.1) is 12.8 Å². The Morgan fingerprint density at radius 1 is 1.37 bits per heavy atom. The number of pyridine rings is 1. The first-order valence-electron chi connectivity index (χ1n) is 5.54. The van der Waals surface area contributed by atoms with Crippen molar-refractivity contribution < 1.29 is 9.53 Å². The zero-order valence-electron chi connectivity index (χ0n) is 10.3. The van der Waals surface area contributed by atoms with E-state index in [2.05, 4.69) is 10.3 Å². The first-order valence-corrected chi connectivity index (χ1v) is 5.54. The minimum absolute atomic E-state index is 0.0388. The Morgan fingerprint density at radius 2 is 2.16 bits per heavy atom. The summed E-state index contributed by atoms with van der Waals surface area (Å²) in [5.41, 5.74) is 6.32. The summed E-state index contributed by atoms with van der Waals surface area (Å²) < 4.78 is 5.02. The number of rotatable bonds is 3. The van der Waals surface area contributed by atoms with Gasteiger partial charge in [0.2, 0.25) is 0 Å². The number of nitrogens with one attached hydrogen (secondary N) is 2. The highest BCUT2D eigenvalue weighted by Gasteiger charge is 2.10. The molecule has 0 saturated heterocycles. The number of hydrogen-bond acceptors (Lipinski definition) is 4. The third-order valence-corrected chi connectivity index (χ3v) is 2.56. The van der Waals surface area contributed by atoms with E-state index in [1.165, 1.54) is 25.6 Å². The first kappa shape index (κ1) is 12.7. The Kier molecular flexibility index (Phi) is 3.51. The van der Waals surface area contributed by atoms with Crippen LogP contribution in [0.5, 0.6) is 5.75 Å². The fourth-order valence-corrected chi connectivity index (χ4v) is 1.60. The van der Waals surface area contributed by atoms with Crippen LogP contribution in [0.15, 0.2) is 41.5 Å². The summed E-state index contributed by atoms with van der Waals surface area (Å²) in [4.78, 5) is 26.1. The molecule has 1 aromatic carbocycles. The molecule has 1 aromatic heterocycles. The van der Waals surface area contributed by atoms with Crippen molar-refractivity contribution in [1.82, 2.24) is 4.98 Å². The highest BCUT2D eigenvalue weighted by Crippen LogP contribution is 2.24. The van der Waals surface area contributed by atoms with Crippen molar-refractivity contribution in [2.45, 2.75) is 0 Å². The van der Waals surface area contributed by atoms with Gasteiger partial charge in [-0.2, -0.15) is 0 Å². The Balaban J connectivity index is 2.22. The Bertz CT molecular complexity index is 664. The number of aromatic nitrogens is 1. The smallest absolute Gasteiger partial charge is 0.261 e. The molecule has 1 amide bonds. The molecular formula is C13H13N3O3. The number of anilines is 2. The van der Waals surface area contributed by atoms with E-state index in [-0.39, 0.29) is 11.0 Å². The number of nitrogen functional groups attached to an aromatic ring is 1. The number of methoxy groups -OCH3 is 1. The number of benzene rings is 1. The molecule has 0 aliphatic rings. The number of H-pyrrole nitrogens is 1. The lowest BCUT2D eigenvalue weighted by Crippen LogP contribution is -2.20. The van der Waals surface area contributed by atoms with Crippen molar-refractivity contribution in [3.8, 4) is 5.75 Å². The third kappa shape index (κ3) is 2.74. The summed E-state index contributed by atoms with van der Waals surface area (Å²) >= 11 is 0. The fraction of sp³-hybridized carbons (Fsp3) is 0.0769. The van der Waals surface area contributed by atoms with Gasteiger partial charge in [-0.25, -0.2) is 0 Å². The molecule has 2 rings (SSSR count). The van der Waals surface area contributed by atoms with Crippen molar-refractivity contribution in [2.75, 3.05) is 18.2 Å². The lowest BCUT2D eigenvalue weighted by Gasteiger charge is -2.08. The Morgan fingerprint density at radius 3 is 2.79 bits per heavy atom. The maximum Gasteiger partial charge on any atom is 0.261 e. The molecule has 19 heavy (non-hydrogen) atoms. The Labute approximate surface area is 109 Å². The number of aromatic amines is 1. The van der Waals surface area contributed by atoms with E-state index < -0.39 is 5.91 Å². The number of amides is 1. The summed E-state index contributed by atoms with van der Waals surface area (Å²) in [6, 6.07) is 6.13. The topological polar surface area (TPSA) is 97.2 Å². The van der Waals surface area contributed by atoms with Crippen LogP contribution in [0.1, 0.15) is 10.4 Å². The van der Waals surface area contributed by atoms with Crippen LogP contribution < -0.4 is 21.2 Å². The molecule has 0 saturated carbocycles. The van der Waals surface area contributed by atoms with Crippen LogP contribution in [0.2, 0.25) is 0 Å². The van der Waals surface area contributed by atoms with E-state index in [1.54, 1.807) is 18.2 Å². The minimum Gasteiger partial charge on any atom is -0.495 e. The van der Waals surface area contributed by atoms with Crippen LogP contribution in [-0.4, -0.2) is 18.0 Å². The summed E-state index contributed by atoms with van der Waals surface area (Å²) in [6.45, 7) is 0. The molecule has 4 N–H and O–H groups in total. The van der Waals surface area contributed by atoms with Gasteiger partial charge in [-0.15, -0.1) is 0 Å². The molecule has 0 aliphatic carbocycles. The largest absolute Gasteiger partial charge is 0.495 e. The molecule has 0 spiro atoms. The maximum atomic E-state index is 11.9. The minimum atomic E-state index is -0.494. The highest BCUT2D eigenvalue weighted by atomic mass is 16.5. The van der Waals surface area contributed by atoms with Crippen LogP contribution in [0.4, 0.5) is 11.4 Å². The average molecular weight is 259 g/mol. The zero-order chi connectivity index (χ0) is 13.8. The van der Waals surface area contributed by atoms with Gasteiger partial charge in [-0.3, -0.25) is 9.59 Å². The molecule has 1 heterocycles. The van der Waals surface area contributed by atoms with Crippen molar-refractivity contribution in [3.05, 3.63) is 52.4 Å². The predicted molar refractivity (Wildman–Crippen MR) is 72.4 cm³/mol. The monoisotopic (exact) mass is 259 g/mol. The average Bonchev–Trinajstić information content (AvgIpc) is 2.39.